The van der Waals surface area contributed by atoms with Crippen molar-refractivity contribution in [3.8, 4) is 0 Å². The molecule has 0 bridgehead atoms. The molecular weight excluding hydrogens is 218 g/mol. The van der Waals surface area contributed by atoms with Crippen LogP contribution in [0.25, 0.3) is 0 Å². The summed E-state index contributed by atoms with van der Waals surface area (Å²) in [4.78, 5) is 17.0. The lowest BCUT2D eigenvalue weighted by atomic mass is 10.2. The van der Waals surface area contributed by atoms with E-state index >= 15 is 0 Å². The molecule has 1 heterocycles. The van der Waals surface area contributed by atoms with E-state index in [-0.39, 0.29) is 6.42 Å². The second-order valence-corrected chi connectivity index (χ2v) is 4.34. The second-order valence-electron chi connectivity index (χ2n) is 4.34. The van der Waals surface area contributed by atoms with Crippen molar-refractivity contribution < 1.29 is 9.90 Å². The number of aryl methyl sites for hydroxylation is 1. The number of hydrogen-bond donors (Lipinski definition) is 1. The van der Waals surface area contributed by atoms with Crippen LogP contribution in [0.2, 0.25) is 0 Å². The molecule has 0 aliphatic rings. The van der Waals surface area contributed by atoms with Gasteiger partial charge in [-0.05, 0) is 20.8 Å². The van der Waals surface area contributed by atoms with Gasteiger partial charge in [0.05, 0.1) is 13.0 Å². The van der Waals surface area contributed by atoms with Crippen molar-refractivity contribution in [2.24, 2.45) is 0 Å². The van der Waals surface area contributed by atoms with Gasteiger partial charge in [-0.15, -0.1) is 0 Å². The fourth-order valence-electron chi connectivity index (χ4n) is 1.72. The monoisotopic (exact) mass is 239 g/mol. The van der Waals surface area contributed by atoms with E-state index < -0.39 is 5.97 Å². The maximum absolute atomic E-state index is 10.6. The highest BCUT2D eigenvalue weighted by atomic mass is 16.4. The van der Waals surface area contributed by atoms with Gasteiger partial charge in [-0.1, -0.05) is 0 Å². The van der Waals surface area contributed by atoms with E-state index in [9.17, 15) is 4.79 Å². The number of carbonyl (C=O) groups is 1. The van der Waals surface area contributed by atoms with Gasteiger partial charge in [0.1, 0.15) is 5.82 Å². The Morgan fingerprint density at radius 1 is 1.59 bits per heavy atom. The van der Waals surface area contributed by atoms with Crippen LogP contribution in [-0.4, -0.2) is 38.1 Å². The minimum Gasteiger partial charge on any atom is -0.481 e. The number of carboxylic acids is 1. The van der Waals surface area contributed by atoms with Gasteiger partial charge in [-0.2, -0.15) is 0 Å². The Kier molecular flexibility index (Phi) is 5.15. The molecule has 0 saturated heterocycles. The van der Waals surface area contributed by atoms with Crippen molar-refractivity contribution in [2.75, 3.05) is 6.54 Å². The number of rotatable bonds is 7. The molecule has 1 rings (SSSR count). The predicted octanol–water partition coefficient (Wildman–Crippen LogP) is 1.59. The number of imidazole rings is 1. The largest absolute Gasteiger partial charge is 0.481 e. The van der Waals surface area contributed by atoms with Gasteiger partial charge in [0.25, 0.3) is 0 Å². The number of aliphatic carboxylic acids is 1. The highest BCUT2D eigenvalue weighted by molar-refractivity contribution is 5.66. The lowest BCUT2D eigenvalue weighted by Gasteiger charge is -2.25. The predicted molar refractivity (Wildman–Crippen MR) is 65.7 cm³/mol. The van der Waals surface area contributed by atoms with Crippen molar-refractivity contribution in [1.82, 2.24) is 14.5 Å². The van der Waals surface area contributed by atoms with Crippen molar-refractivity contribution in [1.29, 1.82) is 0 Å². The molecule has 0 unspecified atom stereocenters. The maximum Gasteiger partial charge on any atom is 0.304 e. The summed E-state index contributed by atoms with van der Waals surface area (Å²) >= 11 is 0. The second kappa shape index (κ2) is 6.39. The molecule has 0 aliphatic carbocycles. The molecule has 96 valence electrons. The standard InChI is InChI=1S/C12H21N3O2/c1-4-14-8-6-13-11(14)9-15(10(2)3)7-5-12(16)17/h6,8,10H,4-5,7,9H2,1-3H3,(H,16,17). The summed E-state index contributed by atoms with van der Waals surface area (Å²) < 4.78 is 2.08. The van der Waals surface area contributed by atoms with Gasteiger partial charge in [-0.25, -0.2) is 4.98 Å². The first kappa shape index (κ1) is 13.7. The zero-order valence-corrected chi connectivity index (χ0v) is 10.8. The van der Waals surface area contributed by atoms with E-state index in [1.54, 1.807) is 6.20 Å². The third kappa shape index (κ3) is 4.19. The quantitative estimate of drug-likeness (QED) is 0.785. The molecule has 0 fully saturated rings. The summed E-state index contributed by atoms with van der Waals surface area (Å²) in [5.74, 6) is 0.237. The lowest BCUT2D eigenvalue weighted by molar-refractivity contribution is -0.137. The molecule has 5 nitrogen and oxygen atoms in total. The molecular formula is C12H21N3O2. The molecule has 0 spiro atoms. The van der Waals surface area contributed by atoms with Gasteiger partial charge in [0.15, 0.2) is 0 Å². The number of aromatic nitrogens is 2. The minimum atomic E-state index is -0.755. The topological polar surface area (TPSA) is 58.4 Å². The zero-order valence-electron chi connectivity index (χ0n) is 10.8. The molecule has 0 amide bonds. The first-order valence-electron chi connectivity index (χ1n) is 6.00. The zero-order chi connectivity index (χ0) is 12.8. The highest BCUT2D eigenvalue weighted by Gasteiger charge is 2.14. The Morgan fingerprint density at radius 2 is 2.29 bits per heavy atom. The summed E-state index contributed by atoms with van der Waals surface area (Å²) in [7, 11) is 0. The molecule has 0 atom stereocenters. The van der Waals surface area contributed by atoms with Crippen LogP contribution in [0.3, 0.4) is 0 Å². The first-order chi connectivity index (χ1) is 8.04. The van der Waals surface area contributed by atoms with E-state index in [0.29, 0.717) is 19.1 Å². The molecule has 0 radical (unpaired) electrons. The molecule has 1 aromatic rings. The van der Waals surface area contributed by atoms with E-state index in [1.807, 2.05) is 6.20 Å². The number of nitrogens with zero attached hydrogens (tertiary/aromatic N) is 3. The average Bonchev–Trinajstić information content (AvgIpc) is 2.70. The Morgan fingerprint density at radius 3 is 2.82 bits per heavy atom. The smallest absolute Gasteiger partial charge is 0.304 e. The van der Waals surface area contributed by atoms with Crippen LogP contribution in [-0.2, 0) is 17.9 Å². The van der Waals surface area contributed by atoms with Crippen LogP contribution in [0, 0.1) is 0 Å². The Hall–Kier alpha value is -1.36. The van der Waals surface area contributed by atoms with Crippen LogP contribution < -0.4 is 0 Å². The van der Waals surface area contributed by atoms with Crippen molar-refractivity contribution in [2.45, 2.75) is 46.3 Å². The normalized spacial score (nSPS) is 11.4. The molecule has 0 aliphatic heterocycles. The molecule has 0 aromatic carbocycles. The fraction of sp³-hybridized carbons (Fsp3) is 0.667. The molecule has 1 N–H and O–H groups in total. The Bertz CT molecular complexity index is 360. The summed E-state index contributed by atoms with van der Waals surface area (Å²) in [6.07, 6.45) is 3.91. The van der Waals surface area contributed by atoms with Gasteiger partial charge in [-0.3, -0.25) is 9.69 Å². The van der Waals surface area contributed by atoms with E-state index in [2.05, 4.69) is 35.2 Å². The van der Waals surface area contributed by atoms with Gasteiger partial charge >= 0.3 is 5.97 Å². The lowest BCUT2D eigenvalue weighted by Crippen LogP contribution is -2.33. The van der Waals surface area contributed by atoms with Crippen LogP contribution in [0.1, 0.15) is 33.0 Å². The van der Waals surface area contributed by atoms with Crippen LogP contribution in [0.5, 0.6) is 0 Å². The van der Waals surface area contributed by atoms with Gasteiger partial charge in [0.2, 0.25) is 0 Å². The molecule has 0 saturated carbocycles. The summed E-state index contributed by atoms with van der Waals surface area (Å²) in [6, 6.07) is 0.316. The van der Waals surface area contributed by atoms with Crippen molar-refractivity contribution >= 4 is 5.97 Å². The number of hydrogen-bond acceptors (Lipinski definition) is 3. The third-order valence-corrected chi connectivity index (χ3v) is 2.83. The number of carboxylic acid groups (broad SMARTS) is 1. The van der Waals surface area contributed by atoms with E-state index in [0.717, 1.165) is 12.4 Å². The van der Waals surface area contributed by atoms with Crippen LogP contribution in [0.15, 0.2) is 12.4 Å². The molecule has 5 heteroatoms. The fourth-order valence-corrected chi connectivity index (χ4v) is 1.72. The third-order valence-electron chi connectivity index (χ3n) is 2.83. The van der Waals surface area contributed by atoms with Crippen molar-refractivity contribution in [3.63, 3.8) is 0 Å². The van der Waals surface area contributed by atoms with E-state index in [1.165, 1.54) is 0 Å². The molecule has 1 aromatic heterocycles. The highest BCUT2D eigenvalue weighted by Crippen LogP contribution is 2.07. The molecule has 17 heavy (non-hydrogen) atoms. The summed E-state index contributed by atoms with van der Waals surface area (Å²) in [5, 5.41) is 8.72. The minimum absolute atomic E-state index is 0.172. The van der Waals surface area contributed by atoms with Gasteiger partial charge < -0.3 is 9.67 Å². The van der Waals surface area contributed by atoms with Crippen LogP contribution >= 0.6 is 0 Å². The van der Waals surface area contributed by atoms with Gasteiger partial charge in [0, 0.05) is 31.5 Å². The Labute approximate surface area is 102 Å². The SMILES string of the molecule is CCn1ccnc1CN(CCC(=O)O)C(C)C. The Balaban J connectivity index is 2.63. The summed E-state index contributed by atoms with van der Waals surface area (Å²) in [5.41, 5.74) is 0. The van der Waals surface area contributed by atoms with E-state index in [4.69, 9.17) is 5.11 Å². The van der Waals surface area contributed by atoms with Crippen molar-refractivity contribution in [3.05, 3.63) is 18.2 Å². The maximum atomic E-state index is 10.6. The van der Waals surface area contributed by atoms with Crippen LogP contribution in [0.4, 0.5) is 0 Å². The summed E-state index contributed by atoms with van der Waals surface area (Å²) in [6.45, 7) is 8.36. The average molecular weight is 239 g/mol. The first-order valence-corrected chi connectivity index (χ1v) is 6.00.